The fraction of sp³-hybridized carbons (Fsp3) is 0.0833. The van der Waals surface area contributed by atoms with Crippen molar-refractivity contribution in [2.75, 3.05) is 4.72 Å². The fourth-order valence-electron chi connectivity index (χ4n) is 3.25. The highest BCUT2D eigenvalue weighted by Crippen LogP contribution is 2.31. The molecule has 33 heavy (non-hydrogen) atoms. The Morgan fingerprint density at radius 2 is 1.45 bits per heavy atom. The number of anilines is 1. The third-order valence-electron chi connectivity index (χ3n) is 4.92. The van der Waals surface area contributed by atoms with Gasteiger partial charge in [0.1, 0.15) is 18.2 Å². The van der Waals surface area contributed by atoms with Gasteiger partial charge < -0.3 is 4.74 Å². The maximum atomic E-state index is 13.1. The molecule has 0 aliphatic heterocycles. The number of halogens is 4. The van der Waals surface area contributed by atoms with Crippen molar-refractivity contribution in [1.82, 2.24) is 0 Å². The molecule has 0 radical (unpaired) electrons. The van der Waals surface area contributed by atoms with Gasteiger partial charge in [-0.1, -0.05) is 48.5 Å². The molecule has 9 heteroatoms. The number of nitrogens with one attached hydrogen (secondary N) is 1. The summed E-state index contributed by atoms with van der Waals surface area (Å²) in [6, 6.07) is 22.8. The van der Waals surface area contributed by atoms with Crippen LogP contribution in [0.15, 0.2) is 84.9 Å². The van der Waals surface area contributed by atoms with Crippen molar-refractivity contribution in [3.05, 3.63) is 96.3 Å². The minimum absolute atomic E-state index is 0.201. The maximum Gasteiger partial charge on any atom is 0.516 e. The van der Waals surface area contributed by atoms with Gasteiger partial charge >= 0.3 is 15.5 Å². The lowest BCUT2D eigenvalue weighted by molar-refractivity contribution is -0.0429. The van der Waals surface area contributed by atoms with Crippen LogP contribution in [0, 0.1) is 5.82 Å². The van der Waals surface area contributed by atoms with Crippen LogP contribution in [0.25, 0.3) is 21.9 Å². The van der Waals surface area contributed by atoms with Gasteiger partial charge in [-0.15, -0.1) is 0 Å². The first-order chi connectivity index (χ1) is 15.6. The molecule has 0 amide bonds. The van der Waals surface area contributed by atoms with Crippen LogP contribution in [0.1, 0.15) is 5.56 Å². The molecule has 0 saturated heterocycles. The highest BCUT2D eigenvalue weighted by Gasteiger charge is 2.46. The van der Waals surface area contributed by atoms with Crippen LogP contribution in [-0.2, 0) is 16.6 Å². The second-order valence-corrected chi connectivity index (χ2v) is 8.91. The Balaban J connectivity index is 1.49. The molecular weight excluding hydrogens is 458 g/mol. The average molecular weight is 475 g/mol. The molecule has 0 aromatic heterocycles. The first kappa shape index (κ1) is 22.6. The molecule has 0 aliphatic carbocycles. The summed E-state index contributed by atoms with van der Waals surface area (Å²) in [5.41, 5.74) is -2.91. The first-order valence-electron chi connectivity index (χ1n) is 9.72. The highest BCUT2D eigenvalue weighted by atomic mass is 32.2. The van der Waals surface area contributed by atoms with E-state index in [0.29, 0.717) is 16.5 Å². The summed E-state index contributed by atoms with van der Waals surface area (Å²) in [4.78, 5) is 0. The van der Waals surface area contributed by atoms with Gasteiger partial charge in [0.05, 0.1) is 0 Å². The molecule has 0 bridgehead atoms. The van der Waals surface area contributed by atoms with Gasteiger partial charge in [0.15, 0.2) is 0 Å². The lowest BCUT2D eigenvalue weighted by atomic mass is 10.0. The molecular formula is C24H17F4NO3S. The van der Waals surface area contributed by atoms with Crippen LogP contribution >= 0.6 is 0 Å². The molecule has 0 saturated carbocycles. The second kappa shape index (κ2) is 8.74. The Kier molecular flexibility index (Phi) is 5.99. The Hall–Kier alpha value is -3.59. The van der Waals surface area contributed by atoms with Crippen LogP contribution in [0.2, 0.25) is 0 Å². The molecule has 0 unspecified atom stereocenters. The van der Waals surface area contributed by atoms with Crippen molar-refractivity contribution in [3.63, 3.8) is 0 Å². The third kappa shape index (κ3) is 5.09. The number of alkyl halides is 3. The van der Waals surface area contributed by atoms with Crippen molar-refractivity contribution in [2.45, 2.75) is 12.1 Å². The SMILES string of the molecule is O=S(=O)(Nc1ccc2c(OCc3ccc(-c4ccc(F)cc4)cc3)cccc2c1)C(F)(F)F. The molecule has 0 aliphatic rings. The average Bonchev–Trinajstić information content (AvgIpc) is 2.77. The van der Waals surface area contributed by atoms with Crippen molar-refractivity contribution >= 4 is 26.5 Å². The standard InChI is InChI=1S/C24H17F4NO3S/c25-20-10-8-18(9-11-20)17-6-4-16(5-7-17)15-32-23-3-1-2-19-14-21(12-13-22(19)23)29-33(30,31)24(26,27)28/h1-14,29H,15H2. The van der Waals surface area contributed by atoms with Gasteiger partial charge in [-0.2, -0.15) is 21.6 Å². The monoisotopic (exact) mass is 475 g/mol. The zero-order valence-corrected chi connectivity index (χ0v) is 17.8. The predicted molar refractivity (Wildman–Crippen MR) is 119 cm³/mol. The molecule has 0 atom stereocenters. The minimum atomic E-state index is -5.50. The van der Waals surface area contributed by atoms with E-state index >= 15 is 0 Å². The molecule has 4 nitrogen and oxygen atoms in total. The summed E-state index contributed by atoms with van der Waals surface area (Å²) < 4.78 is 81.0. The number of benzene rings is 4. The van der Waals surface area contributed by atoms with Crippen molar-refractivity contribution < 1.29 is 30.7 Å². The molecule has 0 fully saturated rings. The van der Waals surface area contributed by atoms with E-state index in [1.54, 1.807) is 30.3 Å². The van der Waals surface area contributed by atoms with Crippen LogP contribution in [0.5, 0.6) is 5.75 Å². The number of hydrogen-bond acceptors (Lipinski definition) is 3. The maximum absolute atomic E-state index is 13.1. The topological polar surface area (TPSA) is 55.4 Å². The molecule has 1 N–H and O–H groups in total. The van der Waals surface area contributed by atoms with Crippen LogP contribution in [-0.4, -0.2) is 13.9 Å². The van der Waals surface area contributed by atoms with E-state index in [0.717, 1.165) is 16.7 Å². The van der Waals surface area contributed by atoms with Gasteiger partial charge in [0.2, 0.25) is 0 Å². The summed E-state index contributed by atoms with van der Waals surface area (Å²) in [7, 11) is -5.50. The molecule has 4 rings (SSSR count). The number of fused-ring (bicyclic) bond motifs is 1. The van der Waals surface area contributed by atoms with E-state index in [4.69, 9.17) is 4.74 Å². The summed E-state index contributed by atoms with van der Waals surface area (Å²) in [5, 5.41) is 1.14. The number of sulfonamides is 1. The largest absolute Gasteiger partial charge is 0.516 e. The number of hydrogen-bond donors (Lipinski definition) is 1. The smallest absolute Gasteiger partial charge is 0.488 e. The zero-order valence-electron chi connectivity index (χ0n) is 16.9. The lowest BCUT2D eigenvalue weighted by Gasteiger charge is -2.13. The van der Waals surface area contributed by atoms with E-state index in [2.05, 4.69) is 0 Å². The third-order valence-corrected chi connectivity index (χ3v) is 6.04. The van der Waals surface area contributed by atoms with E-state index in [1.165, 1.54) is 35.1 Å². The van der Waals surface area contributed by atoms with Crippen LogP contribution in [0.4, 0.5) is 23.2 Å². The molecule has 4 aromatic rings. The van der Waals surface area contributed by atoms with Gasteiger partial charge in [-0.3, -0.25) is 4.72 Å². The normalized spacial score (nSPS) is 12.0. The van der Waals surface area contributed by atoms with E-state index in [9.17, 15) is 26.0 Å². The minimum Gasteiger partial charge on any atom is -0.488 e. The van der Waals surface area contributed by atoms with Crippen molar-refractivity contribution in [3.8, 4) is 16.9 Å². The molecule has 170 valence electrons. The summed E-state index contributed by atoms with van der Waals surface area (Å²) >= 11 is 0. The fourth-order valence-corrected chi connectivity index (χ4v) is 3.81. The van der Waals surface area contributed by atoms with Gasteiger partial charge in [-0.25, -0.2) is 4.39 Å². The number of ether oxygens (including phenoxy) is 1. The second-order valence-electron chi connectivity index (χ2n) is 7.24. The van der Waals surface area contributed by atoms with E-state index in [-0.39, 0.29) is 18.1 Å². The van der Waals surface area contributed by atoms with Gasteiger partial charge in [0, 0.05) is 11.1 Å². The molecule has 4 aromatic carbocycles. The predicted octanol–water partition coefficient (Wildman–Crippen LogP) is 6.49. The summed E-state index contributed by atoms with van der Waals surface area (Å²) in [6.07, 6.45) is 0. The number of rotatable bonds is 6. The highest BCUT2D eigenvalue weighted by molar-refractivity contribution is 7.93. The molecule has 0 heterocycles. The Morgan fingerprint density at radius 3 is 2.09 bits per heavy atom. The Morgan fingerprint density at radius 1 is 0.818 bits per heavy atom. The molecule has 0 spiro atoms. The quantitative estimate of drug-likeness (QED) is 0.325. The Labute approximate surface area is 187 Å². The zero-order chi connectivity index (χ0) is 23.6. The van der Waals surface area contributed by atoms with Crippen LogP contribution in [0.3, 0.4) is 0 Å². The lowest BCUT2D eigenvalue weighted by Crippen LogP contribution is -2.29. The van der Waals surface area contributed by atoms with Gasteiger partial charge in [-0.05, 0) is 58.5 Å². The van der Waals surface area contributed by atoms with Crippen molar-refractivity contribution in [2.24, 2.45) is 0 Å². The van der Waals surface area contributed by atoms with E-state index in [1.807, 2.05) is 24.3 Å². The van der Waals surface area contributed by atoms with E-state index < -0.39 is 15.5 Å². The van der Waals surface area contributed by atoms with Gasteiger partial charge in [0.25, 0.3) is 0 Å². The summed E-state index contributed by atoms with van der Waals surface area (Å²) in [6.45, 7) is 0.241. The Bertz CT molecular complexity index is 1380. The van der Waals surface area contributed by atoms with Crippen LogP contribution < -0.4 is 9.46 Å². The first-order valence-corrected chi connectivity index (χ1v) is 11.2. The van der Waals surface area contributed by atoms with Crippen molar-refractivity contribution in [1.29, 1.82) is 0 Å². The summed E-state index contributed by atoms with van der Waals surface area (Å²) in [5.74, 6) is 0.198.